The van der Waals surface area contributed by atoms with E-state index in [9.17, 15) is 4.79 Å². The number of amides is 1. The molecule has 2 saturated heterocycles. The molecule has 4 heterocycles. The zero-order chi connectivity index (χ0) is 21.6. The van der Waals surface area contributed by atoms with Gasteiger partial charge in [0.1, 0.15) is 5.82 Å². The number of aromatic amines is 1. The minimum atomic E-state index is -0.307. The maximum absolute atomic E-state index is 13.3. The first-order chi connectivity index (χ1) is 14.9. The van der Waals surface area contributed by atoms with E-state index in [-0.39, 0.29) is 17.5 Å². The van der Waals surface area contributed by atoms with Gasteiger partial charge in [-0.3, -0.25) is 9.78 Å². The zero-order valence-corrected chi connectivity index (χ0v) is 17.9. The molecular weight excluding hydrogens is 392 g/mol. The van der Waals surface area contributed by atoms with Gasteiger partial charge >= 0.3 is 0 Å². The van der Waals surface area contributed by atoms with E-state index in [4.69, 9.17) is 15.5 Å². The van der Waals surface area contributed by atoms with Crippen molar-refractivity contribution < 1.29 is 9.53 Å². The molecule has 5 rings (SSSR count). The summed E-state index contributed by atoms with van der Waals surface area (Å²) in [6, 6.07) is 6.08. The molecule has 0 saturated carbocycles. The number of aromatic nitrogens is 3. The number of nitrogens with zero attached hydrogens (tertiary/aromatic N) is 3. The Morgan fingerprint density at radius 2 is 2.26 bits per heavy atom. The van der Waals surface area contributed by atoms with Crippen LogP contribution in [-0.2, 0) is 4.74 Å². The summed E-state index contributed by atoms with van der Waals surface area (Å²) < 4.78 is 5.42. The summed E-state index contributed by atoms with van der Waals surface area (Å²) >= 11 is 0. The van der Waals surface area contributed by atoms with Crippen LogP contribution in [-0.4, -0.2) is 58.7 Å². The van der Waals surface area contributed by atoms with E-state index in [0.717, 1.165) is 47.2 Å². The van der Waals surface area contributed by atoms with Crippen LogP contribution in [0.5, 0.6) is 0 Å². The number of nitrogens with one attached hydrogen (secondary N) is 2. The number of hydrogen-bond donors (Lipinski definition) is 3. The third kappa shape index (κ3) is 3.77. The maximum atomic E-state index is 13.3. The lowest BCUT2D eigenvalue weighted by atomic mass is 10.0. The van der Waals surface area contributed by atoms with Crippen molar-refractivity contribution in [3.8, 4) is 11.4 Å². The first kappa shape index (κ1) is 20.0. The van der Waals surface area contributed by atoms with Gasteiger partial charge in [-0.05, 0) is 38.3 Å². The molecule has 2 atom stereocenters. The average Bonchev–Trinajstić information content (AvgIpc) is 3.47. The number of imidazole rings is 1. The number of pyridine rings is 1. The molecule has 8 heteroatoms. The number of hydrogen-bond acceptors (Lipinski definition) is 6. The molecule has 2 aliphatic heterocycles. The number of H-pyrrole nitrogens is 1. The van der Waals surface area contributed by atoms with Crippen molar-refractivity contribution in [2.24, 2.45) is 5.73 Å². The van der Waals surface area contributed by atoms with Gasteiger partial charge in [-0.15, -0.1) is 0 Å². The summed E-state index contributed by atoms with van der Waals surface area (Å²) in [7, 11) is 0. The lowest BCUT2D eigenvalue weighted by Gasteiger charge is -2.26. The highest BCUT2D eigenvalue weighted by Crippen LogP contribution is 2.36. The molecule has 2 aliphatic rings. The maximum Gasteiger partial charge on any atom is 0.255 e. The minimum absolute atomic E-state index is 0.0243. The molecule has 3 aromatic rings. The molecule has 4 N–H and O–H groups in total. The van der Waals surface area contributed by atoms with Crippen LogP contribution in [0, 0.1) is 6.92 Å². The van der Waals surface area contributed by atoms with E-state index in [1.54, 1.807) is 12.4 Å². The highest BCUT2D eigenvalue weighted by Gasteiger charge is 2.34. The second-order valence-corrected chi connectivity index (χ2v) is 9.00. The number of rotatable bonds is 4. The van der Waals surface area contributed by atoms with Gasteiger partial charge in [0, 0.05) is 37.6 Å². The van der Waals surface area contributed by atoms with Crippen LogP contribution < -0.4 is 16.0 Å². The van der Waals surface area contributed by atoms with Crippen LogP contribution in [0.4, 0.5) is 5.69 Å². The molecule has 1 amide bonds. The van der Waals surface area contributed by atoms with Crippen molar-refractivity contribution in [1.82, 2.24) is 20.3 Å². The normalized spacial score (nSPS) is 23.6. The summed E-state index contributed by atoms with van der Waals surface area (Å²) in [4.78, 5) is 28.1. The highest BCUT2D eigenvalue weighted by atomic mass is 16.5. The first-order valence-electron chi connectivity index (χ1n) is 10.8. The molecule has 0 aliphatic carbocycles. The Labute approximate surface area is 181 Å². The quantitative estimate of drug-likeness (QED) is 0.598. The molecular formula is C23H28N6O2. The van der Waals surface area contributed by atoms with Crippen molar-refractivity contribution in [3.05, 3.63) is 41.7 Å². The van der Waals surface area contributed by atoms with Gasteiger partial charge in [0.05, 0.1) is 40.5 Å². The molecule has 2 fully saturated rings. The number of nitrogens with two attached hydrogens (primary N) is 1. The average molecular weight is 421 g/mol. The Balaban J connectivity index is 1.61. The van der Waals surface area contributed by atoms with Crippen molar-refractivity contribution in [3.63, 3.8) is 0 Å². The predicted octanol–water partition coefficient (Wildman–Crippen LogP) is 2.38. The number of para-hydroxylation sites is 1. The molecule has 0 spiro atoms. The van der Waals surface area contributed by atoms with E-state index < -0.39 is 0 Å². The fourth-order valence-electron chi connectivity index (χ4n) is 4.52. The number of carbonyl (C=O) groups is 1. The van der Waals surface area contributed by atoms with Gasteiger partial charge in [-0.1, -0.05) is 12.1 Å². The van der Waals surface area contributed by atoms with Crippen LogP contribution in [0.25, 0.3) is 22.4 Å². The van der Waals surface area contributed by atoms with Crippen molar-refractivity contribution in [2.75, 3.05) is 31.2 Å². The fraction of sp³-hybridized carbons (Fsp3) is 0.435. The van der Waals surface area contributed by atoms with Crippen molar-refractivity contribution >= 4 is 22.6 Å². The zero-order valence-electron chi connectivity index (χ0n) is 17.9. The van der Waals surface area contributed by atoms with Gasteiger partial charge in [0.2, 0.25) is 0 Å². The molecule has 0 bridgehead atoms. The summed E-state index contributed by atoms with van der Waals surface area (Å²) in [5.41, 5.74) is 11.3. The molecule has 8 nitrogen and oxygen atoms in total. The molecule has 1 unspecified atom stereocenters. The number of carbonyl (C=O) groups excluding carboxylic acids is 1. The van der Waals surface area contributed by atoms with Gasteiger partial charge in [0.15, 0.2) is 0 Å². The highest BCUT2D eigenvalue weighted by molar-refractivity contribution is 6.03. The summed E-state index contributed by atoms with van der Waals surface area (Å²) in [6.45, 7) is 6.74. The largest absolute Gasteiger partial charge is 0.379 e. The third-order valence-corrected chi connectivity index (χ3v) is 6.22. The molecule has 2 aromatic heterocycles. The molecule has 0 radical (unpaired) electrons. The lowest BCUT2D eigenvalue weighted by Crippen LogP contribution is -2.40. The number of benzene rings is 1. The molecule has 1 aromatic carbocycles. The Bertz CT molecular complexity index is 1130. The second kappa shape index (κ2) is 7.62. The standard InChI is InChI=1S/C23H28N6O2/c1-14-4-3-5-18-19(14)28-21(27-18)16-10-25-11-17(22(30)26-15-6-9-31-12-15)20(16)29-8-7-23(2,24)13-29/h3-5,10-11,15H,6-9,12-13,24H2,1-2H3,(H,26,30)(H,27,28)/t15?,23-/m0/s1. The minimum Gasteiger partial charge on any atom is -0.379 e. The predicted molar refractivity (Wildman–Crippen MR) is 120 cm³/mol. The van der Waals surface area contributed by atoms with E-state index in [1.165, 1.54) is 0 Å². The topological polar surface area (TPSA) is 109 Å². The van der Waals surface area contributed by atoms with Gasteiger partial charge in [-0.25, -0.2) is 4.98 Å². The van der Waals surface area contributed by atoms with E-state index in [0.29, 0.717) is 31.1 Å². The van der Waals surface area contributed by atoms with Gasteiger partial charge in [-0.2, -0.15) is 0 Å². The van der Waals surface area contributed by atoms with E-state index >= 15 is 0 Å². The molecule has 31 heavy (non-hydrogen) atoms. The monoisotopic (exact) mass is 420 g/mol. The third-order valence-electron chi connectivity index (χ3n) is 6.22. The number of ether oxygens (including phenoxy) is 1. The van der Waals surface area contributed by atoms with Crippen LogP contribution in [0.3, 0.4) is 0 Å². The Hall–Kier alpha value is -2.97. The SMILES string of the molecule is Cc1cccc2[nH]c(-c3cncc(C(=O)NC4CCOC4)c3N3CC[C@](C)(N)C3)nc12. The Morgan fingerprint density at radius 3 is 2.97 bits per heavy atom. The smallest absolute Gasteiger partial charge is 0.255 e. The molecule has 162 valence electrons. The first-order valence-corrected chi connectivity index (χ1v) is 10.8. The second-order valence-electron chi connectivity index (χ2n) is 9.00. The van der Waals surface area contributed by atoms with E-state index in [2.05, 4.69) is 20.2 Å². The van der Waals surface area contributed by atoms with Gasteiger partial charge < -0.3 is 25.7 Å². The van der Waals surface area contributed by atoms with E-state index in [1.807, 2.05) is 32.0 Å². The number of fused-ring (bicyclic) bond motifs is 1. The summed E-state index contributed by atoms with van der Waals surface area (Å²) in [6.07, 6.45) is 5.10. The van der Waals surface area contributed by atoms with Crippen LogP contribution >= 0.6 is 0 Å². The number of aryl methyl sites for hydroxylation is 1. The lowest BCUT2D eigenvalue weighted by molar-refractivity contribution is 0.0930. The van der Waals surface area contributed by atoms with Crippen molar-refractivity contribution in [1.29, 1.82) is 0 Å². The number of anilines is 1. The fourth-order valence-corrected chi connectivity index (χ4v) is 4.52. The van der Waals surface area contributed by atoms with Crippen LogP contribution in [0.1, 0.15) is 35.7 Å². The summed E-state index contributed by atoms with van der Waals surface area (Å²) in [5.74, 6) is 0.564. The summed E-state index contributed by atoms with van der Waals surface area (Å²) in [5, 5.41) is 3.10. The van der Waals surface area contributed by atoms with Crippen LogP contribution in [0.15, 0.2) is 30.6 Å². The van der Waals surface area contributed by atoms with Crippen LogP contribution in [0.2, 0.25) is 0 Å². The Kier molecular flexibility index (Phi) is 4.91. The Morgan fingerprint density at radius 1 is 1.39 bits per heavy atom. The van der Waals surface area contributed by atoms with Crippen molar-refractivity contribution in [2.45, 2.75) is 38.3 Å². The van der Waals surface area contributed by atoms with Gasteiger partial charge in [0.25, 0.3) is 5.91 Å².